The Morgan fingerprint density at radius 3 is 2.59 bits per heavy atom. The standard InChI is InChI=1S/C16H22N2O3S/c1-3-11(2)15-16(19)18(12-7-5-4-6-8-12)14-10-22(20,21)9-13(14)17-15/h4-8,11,13-15,17H,3,9-10H2,1-2H3/t11?,13-,14+,15+/m1/s1. The SMILES string of the molecule is CCC(C)[C@@H]1N[C@@H]2CS(=O)(=O)C[C@@H]2N(c2ccccc2)C1=O. The Labute approximate surface area is 131 Å². The van der Waals surface area contributed by atoms with Crippen molar-refractivity contribution in [1.29, 1.82) is 0 Å². The monoisotopic (exact) mass is 322 g/mol. The molecule has 2 fully saturated rings. The van der Waals surface area contributed by atoms with Gasteiger partial charge < -0.3 is 4.90 Å². The lowest BCUT2D eigenvalue weighted by Gasteiger charge is -2.43. The topological polar surface area (TPSA) is 66.5 Å². The Bertz CT molecular complexity index is 659. The van der Waals surface area contributed by atoms with Gasteiger partial charge in [-0.1, -0.05) is 38.5 Å². The fourth-order valence-corrected chi connectivity index (χ4v) is 5.31. The molecule has 6 heteroatoms. The number of fused-ring (bicyclic) bond motifs is 1. The quantitative estimate of drug-likeness (QED) is 0.908. The molecule has 4 atom stereocenters. The largest absolute Gasteiger partial charge is 0.305 e. The molecule has 0 spiro atoms. The van der Waals surface area contributed by atoms with E-state index in [4.69, 9.17) is 0 Å². The summed E-state index contributed by atoms with van der Waals surface area (Å²) >= 11 is 0. The zero-order valence-corrected chi connectivity index (χ0v) is 13.7. The average Bonchev–Trinajstić information content (AvgIpc) is 2.80. The molecule has 1 N–H and O–H groups in total. The predicted molar refractivity (Wildman–Crippen MR) is 86.5 cm³/mol. The van der Waals surface area contributed by atoms with Crippen LogP contribution >= 0.6 is 0 Å². The van der Waals surface area contributed by atoms with Crippen molar-refractivity contribution in [3.63, 3.8) is 0 Å². The van der Waals surface area contributed by atoms with Crippen LogP contribution in [0.15, 0.2) is 30.3 Å². The third-order valence-corrected chi connectivity index (χ3v) is 6.52. The maximum atomic E-state index is 12.9. The number of amides is 1. The van der Waals surface area contributed by atoms with E-state index in [2.05, 4.69) is 5.32 Å². The van der Waals surface area contributed by atoms with Gasteiger partial charge in [0.1, 0.15) is 0 Å². The number of rotatable bonds is 3. The van der Waals surface area contributed by atoms with E-state index in [1.165, 1.54) is 0 Å². The van der Waals surface area contributed by atoms with Crippen molar-refractivity contribution in [2.45, 2.75) is 38.4 Å². The number of carbonyl (C=O) groups excluding carboxylic acids is 1. The molecular weight excluding hydrogens is 300 g/mol. The molecule has 1 aromatic rings. The van der Waals surface area contributed by atoms with Crippen LogP contribution in [0.1, 0.15) is 20.3 Å². The molecule has 2 heterocycles. The van der Waals surface area contributed by atoms with Crippen molar-refractivity contribution >= 4 is 21.4 Å². The van der Waals surface area contributed by atoms with Crippen LogP contribution < -0.4 is 10.2 Å². The molecule has 0 radical (unpaired) electrons. The third kappa shape index (κ3) is 2.65. The number of piperazine rings is 1. The lowest BCUT2D eigenvalue weighted by atomic mass is 9.91. The first-order valence-electron chi connectivity index (χ1n) is 7.77. The molecule has 3 rings (SSSR count). The minimum atomic E-state index is -3.11. The molecule has 0 aliphatic carbocycles. The van der Waals surface area contributed by atoms with Gasteiger partial charge in [-0.15, -0.1) is 0 Å². The maximum Gasteiger partial charge on any atom is 0.244 e. The summed E-state index contributed by atoms with van der Waals surface area (Å²) in [5, 5.41) is 3.30. The van der Waals surface area contributed by atoms with Crippen LogP contribution in [-0.4, -0.2) is 44.0 Å². The number of benzene rings is 1. The number of hydrogen-bond acceptors (Lipinski definition) is 4. The molecule has 0 aromatic heterocycles. The van der Waals surface area contributed by atoms with Gasteiger partial charge in [-0.3, -0.25) is 10.1 Å². The smallest absolute Gasteiger partial charge is 0.244 e. The second kappa shape index (κ2) is 5.66. The van der Waals surface area contributed by atoms with Crippen molar-refractivity contribution in [2.75, 3.05) is 16.4 Å². The first-order valence-corrected chi connectivity index (χ1v) is 9.59. The van der Waals surface area contributed by atoms with Crippen LogP contribution in [0.25, 0.3) is 0 Å². The van der Waals surface area contributed by atoms with Crippen molar-refractivity contribution in [2.24, 2.45) is 5.92 Å². The van der Waals surface area contributed by atoms with Gasteiger partial charge in [0, 0.05) is 11.7 Å². The van der Waals surface area contributed by atoms with Crippen LogP contribution in [-0.2, 0) is 14.6 Å². The first-order chi connectivity index (χ1) is 10.4. The highest BCUT2D eigenvalue weighted by atomic mass is 32.2. The van der Waals surface area contributed by atoms with E-state index in [0.717, 1.165) is 12.1 Å². The normalized spacial score (nSPS) is 31.8. The van der Waals surface area contributed by atoms with Gasteiger partial charge in [-0.25, -0.2) is 8.42 Å². The van der Waals surface area contributed by atoms with Crippen molar-refractivity contribution in [3.8, 4) is 0 Å². The molecule has 5 nitrogen and oxygen atoms in total. The molecule has 2 aliphatic rings. The molecular formula is C16H22N2O3S. The second-order valence-electron chi connectivity index (χ2n) is 6.32. The first kappa shape index (κ1) is 15.5. The van der Waals surface area contributed by atoms with Gasteiger partial charge in [0.2, 0.25) is 5.91 Å². The zero-order chi connectivity index (χ0) is 15.9. The van der Waals surface area contributed by atoms with Crippen molar-refractivity contribution in [1.82, 2.24) is 5.32 Å². The van der Waals surface area contributed by atoms with Gasteiger partial charge in [0.05, 0.1) is 23.6 Å². The Kier molecular flexibility index (Phi) is 3.99. The number of nitrogens with one attached hydrogen (secondary N) is 1. The van der Waals surface area contributed by atoms with Gasteiger partial charge in [0.15, 0.2) is 9.84 Å². The highest BCUT2D eigenvalue weighted by Gasteiger charge is 2.50. The average molecular weight is 322 g/mol. The van der Waals surface area contributed by atoms with Gasteiger partial charge >= 0.3 is 0 Å². The Balaban J connectivity index is 2.01. The summed E-state index contributed by atoms with van der Waals surface area (Å²) in [6.07, 6.45) is 0.871. The number of nitrogens with zero attached hydrogens (tertiary/aromatic N) is 1. The molecule has 22 heavy (non-hydrogen) atoms. The lowest BCUT2D eigenvalue weighted by Crippen LogP contribution is -2.66. The summed E-state index contributed by atoms with van der Waals surface area (Å²) in [5.74, 6) is 0.307. The Hall–Kier alpha value is -1.40. The Morgan fingerprint density at radius 1 is 1.27 bits per heavy atom. The van der Waals surface area contributed by atoms with Crippen LogP contribution in [0.5, 0.6) is 0 Å². The van der Waals surface area contributed by atoms with E-state index in [1.54, 1.807) is 4.90 Å². The van der Waals surface area contributed by atoms with E-state index < -0.39 is 9.84 Å². The van der Waals surface area contributed by atoms with E-state index in [-0.39, 0.29) is 41.5 Å². The molecule has 2 saturated heterocycles. The van der Waals surface area contributed by atoms with Gasteiger partial charge in [-0.05, 0) is 18.1 Å². The molecule has 120 valence electrons. The highest BCUT2D eigenvalue weighted by Crippen LogP contribution is 2.31. The molecule has 1 unspecified atom stereocenters. The molecule has 1 aromatic carbocycles. The molecule has 0 bridgehead atoms. The van der Waals surface area contributed by atoms with Crippen LogP contribution in [0.3, 0.4) is 0 Å². The van der Waals surface area contributed by atoms with E-state index in [1.807, 2.05) is 44.2 Å². The van der Waals surface area contributed by atoms with E-state index in [9.17, 15) is 13.2 Å². The minimum absolute atomic E-state index is 0.0149. The number of carbonyl (C=O) groups is 1. The summed E-state index contributed by atoms with van der Waals surface area (Å²) in [7, 11) is -3.11. The van der Waals surface area contributed by atoms with Crippen molar-refractivity contribution in [3.05, 3.63) is 30.3 Å². The highest BCUT2D eigenvalue weighted by molar-refractivity contribution is 7.91. The summed E-state index contributed by atoms with van der Waals surface area (Å²) in [6, 6.07) is 8.59. The van der Waals surface area contributed by atoms with E-state index in [0.29, 0.717) is 0 Å². The van der Waals surface area contributed by atoms with Crippen LogP contribution in [0.4, 0.5) is 5.69 Å². The number of hydrogen-bond donors (Lipinski definition) is 1. The van der Waals surface area contributed by atoms with Crippen molar-refractivity contribution < 1.29 is 13.2 Å². The fourth-order valence-electron chi connectivity index (χ4n) is 3.41. The second-order valence-corrected chi connectivity index (χ2v) is 8.48. The summed E-state index contributed by atoms with van der Waals surface area (Å²) in [4.78, 5) is 14.7. The van der Waals surface area contributed by atoms with Gasteiger partial charge in [0.25, 0.3) is 0 Å². The minimum Gasteiger partial charge on any atom is -0.305 e. The van der Waals surface area contributed by atoms with Gasteiger partial charge in [-0.2, -0.15) is 0 Å². The molecule has 1 amide bonds. The number of sulfone groups is 1. The summed E-state index contributed by atoms with van der Waals surface area (Å²) < 4.78 is 24.1. The lowest BCUT2D eigenvalue weighted by molar-refractivity contribution is -0.124. The fraction of sp³-hybridized carbons (Fsp3) is 0.562. The molecule has 2 aliphatic heterocycles. The third-order valence-electron chi connectivity index (χ3n) is 4.80. The van der Waals surface area contributed by atoms with E-state index >= 15 is 0 Å². The van der Waals surface area contributed by atoms with Crippen LogP contribution in [0, 0.1) is 5.92 Å². The number of anilines is 1. The molecule has 0 saturated carbocycles. The zero-order valence-electron chi connectivity index (χ0n) is 12.9. The van der Waals surface area contributed by atoms with Crippen LogP contribution in [0.2, 0.25) is 0 Å². The predicted octanol–water partition coefficient (Wildman–Crippen LogP) is 1.20. The summed E-state index contributed by atoms with van der Waals surface area (Å²) in [5.41, 5.74) is 0.786. The number of para-hydroxylation sites is 1. The Morgan fingerprint density at radius 2 is 1.95 bits per heavy atom. The summed E-state index contributed by atoms with van der Waals surface area (Å²) in [6.45, 7) is 4.08. The maximum absolute atomic E-state index is 12.9.